The molecule has 0 saturated carbocycles. The number of ether oxygens (including phenoxy) is 7. The number of nitrogens with zero attached hydrogens (tertiary/aromatic N) is 5. The first kappa shape index (κ1) is 55.7. The lowest BCUT2D eigenvalue weighted by Gasteiger charge is -2.49. The van der Waals surface area contributed by atoms with Gasteiger partial charge in [-0.2, -0.15) is 9.36 Å². The van der Waals surface area contributed by atoms with Crippen LogP contribution < -0.4 is 16.6 Å². The SMILES string of the molecule is CC[C@H]1OC(=O)[C@H](C)[C@@H](O[C@H]2C[C@@](C)(OC)[C@@H](OC(=O)N/N=C(\NOC)c3nsc(N)n3)[C@H](C)O2)[C@H](C)[C@@H](O[C@@H]2O[C@H](C)C[C@H](N(C)C)[C@H]2O)[C@](C)(O)C[C@@H](C)CN(C)[C@H](C)[C@@H](O)[C@]1(C)O. The van der Waals surface area contributed by atoms with Crippen LogP contribution in [0.1, 0.15) is 101 Å². The van der Waals surface area contributed by atoms with Gasteiger partial charge in [0.15, 0.2) is 23.8 Å². The van der Waals surface area contributed by atoms with Crippen LogP contribution in [-0.4, -0.2) is 190 Å². The number of aromatic nitrogens is 2. The Morgan fingerprint density at radius 1 is 1.05 bits per heavy atom. The fourth-order valence-corrected chi connectivity index (χ4v) is 10.2. The number of hydrazone groups is 1. The average molecular weight is 963 g/mol. The van der Waals surface area contributed by atoms with Crippen LogP contribution >= 0.6 is 11.5 Å². The van der Waals surface area contributed by atoms with Gasteiger partial charge in [-0.1, -0.05) is 20.8 Å². The number of amidine groups is 1. The van der Waals surface area contributed by atoms with E-state index in [2.05, 4.69) is 25.4 Å². The first-order valence-electron chi connectivity index (χ1n) is 22.7. The molecule has 8 N–H and O–H groups in total. The van der Waals surface area contributed by atoms with Crippen molar-refractivity contribution in [1.82, 2.24) is 30.1 Å². The van der Waals surface area contributed by atoms with E-state index in [1.807, 2.05) is 44.8 Å². The molecule has 3 aliphatic rings. The number of nitrogens with two attached hydrogens (primary N) is 1. The molecular formula is C43H78N8O14S. The molecule has 0 unspecified atom stereocenters. The fraction of sp³-hybridized carbons (Fsp3) is 0.884. The van der Waals surface area contributed by atoms with E-state index in [1.165, 1.54) is 21.1 Å². The smallest absolute Gasteiger partial charge is 0.428 e. The maximum Gasteiger partial charge on any atom is 0.428 e. The number of aliphatic hydroxyl groups excluding tert-OH is 2. The zero-order valence-corrected chi connectivity index (χ0v) is 42.1. The van der Waals surface area contributed by atoms with Gasteiger partial charge in [0.2, 0.25) is 11.7 Å². The molecule has 0 bridgehead atoms. The Kier molecular flexibility index (Phi) is 19.5. The number of hydrogen-bond donors (Lipinski definition) is 7. The van der Waals surface area contributed by atoms with Gasteiger partial charge in [0.1, 0.15) is 29.5 Å². The van der Waals surface area contributed by atoms with Gasteiger partial charge in [-0.05, 0) is 94.8 Å². The quantitative estimate of drug-likeness (QED) is 0.0717. The summed E-state index contributed by atoms with van der Waals surface area (Å²) in [6.07, 6.45) is -10.4. The number of nitrogen functional groups attached to an aromatic ring is 1. The van der Waals surface area contributed by atoms with Crippen LogP contribution in [0.3, 0.4) is 0 Å². The molecule has 0 spiro atoms. The summed E-state index contributed by atoms with van der Waals surface area (Å²) >= 11 is 0.924. The van der Waals surface area contributed by atoms with Gasteiger partial charge in [0.05, 0.1) is 43.0 Å². The van der Waals surface area contributed by atoms with Crippen LogP contribution in [0.4, 0.5) is 9.93 Å². The molecule has 3 saturated heterocycles. The highest BCUT2D eigenvalue weighted by molar-refractivity contribution is 7.09. The highest BCUT2D eigenvalue weighted by Gasteiger charge is 2.54. The van der Waals surface area contributed by atoms with Crippen LogP contribution in [0.5, 0.6) is 0 Å². The molecule has 22 nitrogen and oxygen atoms in total. The molecule has 1 aromatic heterocycles. The number of carbonyl (C=O) groups is 2. The molecule has 1 aromatic rings. The number of amides is 1. The number of nitrogens with one attached hydrogen (secondary N) is 2. The van der Waals surface area contributed by atoms with E-state index in [0.29, 0.717) is 13.0 Å². The molecule has 18 atom stereocenters. The summed E-state index contributed by atoms with van der Waals surface area (Å²) < 4.78 is 48.3. The van der Waals surface area contributed by atoms with Gasteiger partial charge in [-0.25, -0.2) is 15.7 Å². The number of carbonyl (C=O) groups excluding carboxylic acids is 2. The lowest BCUT2D eigenvalue weighted by atomic mass is 9.77. The summed E-state index contributed by atoms with van der Waals surface area (Å²) in [6.45, 7) is 17.7. The van der Waals surface area contributed by atoms with Crippen LogP contribution in [0.15, 0.2) is 5.10 Å². The molecule has 380 valence electrons. The van der Waals surface area contributed by atoms with Gasteiger partial charge in [0.25, 0.3) is 0 Å². The molecule has 3 fully saturated rings. The third-order valence-electron chi connectivity index (χ3n) is 13.5. The van der Waals surface area contributed by atoms with Gasteiger partial charge >= 0.3 is 12.1 Å². The van der Waals surface area contributed by atoms with Gasteiger partial charge in [0, 0.05) is 49.6 Å². The molecule has 0 aliphatic carbocycles. The van der Waals surface area contributed by atoms with Crippen molar-refractivity contribution in [2.24, 2.45) is 22.9 Å². The zero-order valence-electron chi connectivity index (χ0n) is 41.3. The van der Waals surface area contributed by atoms with Gasteiger partial charge in [-0.15, -0.1) is 5.10 Å². The van der Waals surface area contributed by atoms with Crippen LogP contribution in [0, 0.1) is 17.8 Å². The summed E-state index contributed by atoms with van der Waals surface area (Å²) in [5.41, 5.74) is 5.76. The van der Waals surface area contributed by atoms with Crippen LogP contribution in [0.2, 0.25) is 0 Å². The Hall–Kier alpha value is -2.91. The van der Waals surface area contributed by atoms with E-state index in [4.69, 9.17) is 43.7 Å². The predicted molar refractivity (Wildman–Crippen MR) is 243 cm³/mol. The second kappa shape index (κ2) is 23.1. The number of hydrogen-bond acceptors (Lipinski definition) is 21. The van der Waals surface area contributed by atoms with Crippen molar-refractivity contribution >= 4 is 34.6 Å². The maximum absolute atomic E-state index is 14.5. The first-order valence-corrected chi connectivity index (χ1v) is 23.5. The first-order chi connectivity index (χ1) is 30.7. The Labute approximate surface area is 393 Å². The Bertz CT molecular complexity index is 1760. The predicted octanol–water partition coefficient (Wildman–Crippen LogP) is 1.58. The van der Waals surface area contributed by atoms with E-state index in [1.54, 1.807) is 48.5 Å². The Morgan fingerprint density at radius 3 is 2.29 bits per heavy atom. The van der Waals surface area contributed by atoms with Crippen molar-refractivity contribution < 1.29 is 68.0 Å². The highest BCUT2D eigenvalue weighted by Crippen LogP contribution is 2.41. The van der Waals surface area contributed by atoms with Gasteiger partial charge < -0.3 is 69.1 Å². The third-order valence-corrected chi connectivity index (χ3v) is 14.1. The van der Waals surface area contributed by atoms with Crippen molar-refractivity contribution in [3.63, 3.8) is 0 Å². The van der Waals surface area contributed by atoms with Crippen LogP contribution in [-0.2, 0) is 42.8 Å². The normalized spacial score (nSPS) is 41.7. The number of likely N-dealkylation sites (N-methyl/N-ethyl adjacent to an activating group) is 2. The summed E-state index contributed by atoms with van der Waals surface area (Å²) in [6, 6.07) is -0.911. The summed E-state index contributed by atoms with van der Waals surface area (Å²) in [7, 11) is 8.35. The number of methoxy groups -OCH3 is 1. The minimum Gasteiger partial charge on any atom is -0.459 e. The molecule has 3 aliphatic heterocycles. The molecule has 0 aromatic carbocycles. The van der Waals surface area contributed by atoms with Crippen molar-refractivity contribution in [2.75, 3.05) is 47.6 Å². The van der Waals surface area contributed by atoms with Crippen molar-refractivity contribution in [3.05, 3.63) is 5.82 Å². The molecule has 66 heavy (non-hydrogen) atoms. The minimum absolute atomic E-state index is 0.0211. The number of hydroxylamine groups is 1. The lowest BCUT2D eigenvalue weighted by Crippen LogP contribution is -2.61. The van der Waals surface area contributed by atoms with Crippen molar-refractivity contribution in [3.8, 4) is 0 Å². The van der Waals surface area contributed by atoms with Crippen molar-refractivity contribution in [1.29, 1.82) is 0 Å². The monoisotopic (exact) mass is 963 g/mol. The standard InChI is InChI=1S/C43H78N8O14S/c1-16-28-43(10,57)32(53)25(6)51(13)20-21(2)18-41(8,56)33(64-38-30(52)27(50(11)12)17-22(3)60-38)23(4)31(24(5)37(54)62-28)63-29-19-42(9,58-14)34(26(7)61-29)65-40(55)47-46-36(48-59-15)35-45-39(44)66-49-35/h21-34,38,52-53,56-57H,16-20H2,1-15H3,(H,46,48)(H,47,55)(H2,44,45,49)/t21-,22-,23+,24-,25-,26+,27+,28-,29+,30-,31+,32-,33-,34+,38+,41-,42-,43-/m1/s1. The number of rotatable bonds is 11. The Morgan fingerprint density at radius 2 is 1.71 bits per heavy atom. The zero-order chi connectivity index (χ0) is 49.6. The van der Waals surface area contributed by atoms with E-state index >= 15 is 0 Å². The molecule has 23 heteroatoms. The van der Waals surface area contributed by atoms with Gasteiger partial charge in [-0.3, -0.25) is 9.63 Å². The number of anilines is 1. The molecule has 0 radical (unpaired) electrons. The number of aliphatic hydroxyl groups is 4. The summed E-state index contributed by atoms with van der Waals surface area (Å²) in [5.74, 6) is -2.89. The van der Waals surface area contributed by atoms with E-state index in [0.717, 1.165) is 11.5 Å². The number of esters is 1. The number of cyclic esters (lactones) is 1. The third kappa shape index (κ3) is 13.2. The lowest BCUT2D eigenvalue weighted by molar-refractivity contribution is -0.317. The molecule has 4 heterocycles. The highest BCUT2D eigenvalue weighted by atomic mass is 32.1. The summed E-state index contributed by atoms with van der Waals surface area (Å²) in [5, 5.41) is 52.1. The second-order valence-corrected chi connectivity index (χ2v) is 20.2. The molecule has 4 rings (SSSR count). The second-order valence-electron chi connectivity index (χ2n) is 19.4. The maximum atomic E-state index is 14.5. The summed E-state index contributed by atoms with van der Waals surface area (Å²) in [4.78, 5) is 40.5. The average Bonchev–Trinajstić information content (AvgIpc) is 3.68. The van der Waals surface area contributed by atoms with E-state index in [9.17, 15) is 30.0 Å². The largest absolute Gasteiger partial charge is 0.459 e. The van der Waals surface area contributed by atoms with Crippen LogP contribution in [0.25, 0.3) is 0 Å². The Balaban J connectivity index is 1.74. The van der Waals surface area contributed by atoms with Crippen molar-refractivity contribution in [2.45, 2.75) is 185 Å². The molecular weight excluding hydrogens is 885 g/mol. The minimum atomic E-state index is -1.86. The van der Waals surface area contributed by atoms with E-state index < -0.39 is 102 Å². The topological polar surface area (TPSA) is 284 Å². The molecule has 1 amide bonds. The fourth-order valence-electron chi connectivity index (χ4n) is 9.73. The van der Waals surface area contributed by atoms with E-state index in [-0.39, 0.29) is 54.1 Å².